The van der Waals surface area contributed by atoms with E-state index in [1.807, 2.05) is 0 Å². The van der Waals surface area contributed by atoms with Crippen molar-refractivity contribution in [2.45, 2.75) is 38.5 Å². The molecule has 0 atom stereocenters. The zero-order chi connectivity index (χ0) is 11.3. The van der Waals surface area contributed by atoms with Crippen molar-refractivity contribution in [2.24, 2.45) is 5.41 Å². The highest BCUT2D eigenvalue weighted by molar-refractivity contribution is 6.12. The fraction of sp³-hybridized carbons (Fsp3) is 0.538. The standard InChI is InChI=1S/C13H18O2/c1-3-5-9-13(10-6-4-2)11(14)7-8-12(13)15/h3-4H,1-2,5-10H2. The fourth-order valence-corrected chi connectivity index (χ4v) is 2.24. The molecule has 0 spiro atoms. The van der Waals surface area contributed by atoms with Crippen LogP contribution in [0.1, 0.15) is 38.5 Å². The van der Waals surface area contributed by atoms with Gasteiger partial charge in [-0.2, -0.15) is 0 Å². The van der Waals surface area contributed by atoms with E-state index in [4.69, 9.17) is 0 Å². The first-order chi connectivity index (χ1) is 7.17. The number of hydrogen-bond donors (Lipinski definition) is 0. The quantitative estimate of drug-likeness (QED) is 0.494. The first kappa shape index (κ1) is 11.9. The average Bonchev–Trinajstić information content (AvgIpc) is 2.51. The van der Waals surface area contributed by atoms with Gasteiger partial charge in [-0.1, -0.05) is 12.2 Å². The molecule has 2 heteroatoms. The zero-order valence-corrected chi connectivity index (χ0v) is 9.13. The van der Waals surface area contributed by atoms with Crippen LogP contribution in [0, 0.1) is 5.41 Å². The van der Waals surface area contributed by atoms with Crippen molar-refractivity contribution in [1.82, 2.24) is 0 Å². The SMILES string of the molecule is C=CCCC1(CCC=C)C(=O)CCC1=O. The monoisotopic (exact) mass is 206 g/mol. The van der Waals surface area contributed by atoms with Crippen molar-refractivity contribution in [3.05, 3.63) is 25.3 Å². The van der Waals surface area contributed by atoms with Gasteiger partial charge in [-0.05, 0) is 25.7 Å². The molecule has 0 radical (unpaired) electrons. The minimum Gasteiger partial charge on any atom is -0.299 e. The third kappa shape index (κ3) is 2.25. The number of ketones is 2. The van der Waals surface area contributed by atoms with Gasteiger partial charge in [0.05, 0.1) is 5.41 Å². The minimum atomic E-state index is -0.706. The topological polar surface area (TPSA) is 34.1 Å². The fourth-order valence-electron chi connectivity index (χ4n) is 2.24. The Morgan fingerprint density at radius 1 is 1.00 bits per heavy atom. The molecule has 0 aromatic heterocycles. The molecule has 0 aromatic carbocycles. The molecule has 1 aliphatic carbocycles. The molecular formula is C13H18O2. The van der Waals surface area contributed by atoms with Crippen LogP contribution >= 0.6 is 0 Å². The van der Waals surface area contributed by atoms with Crippen LogP contribution in [0.5, 0.6) is 0 Å². The van der Waals surface area contributed by atoms with Crippen LogP contribution in [0.15, 0.2) is 25.3 Å². The summed E-state index contributed by atoms with van der Waals surface area (Å²) in [6.45, 7) is 7.28. The van der Waals surface area contributed by atoms with Crippen LogP contribution in [0.3, 0.4) is 0 Å². The number of allylic oxidation sites excluding steroid dienone is 2. The molecule has 1 aliphatic rings. The first-order valence-electron chi connectivity index (χ1n) is 5.46. The van der Waals surface area contributed by atoms with Gasteiger partial charge in [0.15, 0.2) is 0 Å². The Labute approximate surface area is 91.1 Å². The molecule has 0 heterocycles. The van der Waals surface area contributed by atoms with Crippen molar-refractivity contribution in [3.63, 3.8) is 0 Å². The van der Waals surface area contributed by atoms with Gasteiger partial charge in [-0.3, -0.25) is 9.59 Å². The Kier molecular flexibility index (Phi) is 4.01. The maximum absolute atomic E-state index is 11.8. The lowest BCUT2D eigenvalue weighted by atomic mass is 9.76. The number of rotatable bonds is 6. The van der Waals surface area contributed by atoms with Gasteiger partial charge in [-0.15, -0.1) is 13.2 Å². The maximum Gasteiger partial charge on any atom is 0.146 e. The summed E-state index contributed by atoms with van der Waals surface area (Å²) < 4.78 is 0. The molecule has 82 valence electrons. The van der Waals surface area contributed by atoms with Crippen LogP contribution in [-0.2, 0) is 9.59 Å². The third-order valence-electron chi connectivity index (χ3n) is 3.20. The molecule has 0 aliphatic heterocycles. The van der Waals surface area contributed by atoms with Crippen molar-refractivity contribution in [1.29, 1.82) is 0 Å². The second kappa shape index (κ2) is 5.06. The van der Waals surface area contributed by atoms with Crippen molar-refractivity contribution < 1.29 is 9.59 Å². The third-order valence-corrected chi connectivity index (χ3v) is 3.20. The number of hydrogen-bond acceptors (Lipinski definition) is 2. The van der Waals surface area contributed by atoms with Crippen LogP contribution in [0.4, 0.5) is 0 Å². The van der Waals surface area contributed by atoms with E-state index in [1.165, 1.54) is 0 Å². The van der Waals surface area contributed by atoms with E-state index in [-0.39, 0.29) is 11.6 Å². The van der Waals surface area contributed by atoms with E-state index in [0.717, 1.165) is 12.8 Å². The Bertz CT molecular complexity index is 259. The van der Waals surface area contributed by atoms with Gasteiger partial charge in [0.25, 0.3) is 0 Å². The van der Waals surface area contributed by atoms with E-state index < -0.39 is 5.41 Å². The predicted molar refractivity (Wildman–Crippen MR) is 60.5 cm³/mol. The van der Waals surface area contributed by atoms with E-state index in [0.29, 0.717) is 25.7 Å². The lowest BCUT2D eigenvalue weighted by Gasteiger charge is -2.24. The largest absolute Gasteiger partial charge is 0.299 e. The summed E-state index contributed by atoms with van der Waals surface area (Å²) in [5.74, 6) is 0.243. The summed E-state index contributed by atoms with van der Waals surface area (Å²) in [7, 11) is 0. The summed E-state index contributed by atoms with van der Waals surface area (Å²) in [5, 5.41) is 0. The predicted octanol–water partition coefficient (Wildman–Crippen LogP) is 2.84. The molecule has 0 bridgehead atoms. The van der Waals surface area contributed by atoms with Crippen molar-refractivity contribution >= 4 is 11.6 Å². The highest BCUT2D eigenvalue weighted by Crippen LogP contribution is 2.40. The average molecular weight is 206 g/mol. The highest BCUT2D eigenvalue weighted by atomic mass is 16.2. The van der Waals surface area contributed by atoms with Gasteiger partial charge >= 0.3 is 0 Å². The van der Waals surface area contributed by atoms with E-state index >= 15 is 0 Å². The molecule has 1 fully saturated rings. The second-order valence-electron chi connectivity index (χ2n) is 4.08. The Hall–Kier alpha value is -1.18. The van der Waals surface area contributed by atoms with E-state index in [2.05, 4.69) is 13.2 Å². The van der Waals surface area contributed by atoms with Gasteiger partial charge in [0.1, 0.15) is 11.6 Å². The number of carbonyl (C=O) groups excluding carboxylic acids is 2. The maximum atomic E-state index is 11.8. The lowest BCUT2D eigenvalue weighted by molar-refractivity contribution is -0.135. The van der Waals surface area contributed by atoms with Crippen LogP contribution < -0.4 is 0 Å². The molecule has 0 saturated heterocycles. The van der Waals surface area contributed by atoms with Gasteiger partial charge in [-0.25, -0.2) is 0 Å². The number of carbonyl (C=O) groups is 2. The molecule has 2 nitrogen and oxygen atoms in total. The van der Waals surface area contributed by atoms with Gasteiger partial charge in [0.2, 0.25) is 0 Å². The molecular weight excluding hydrogens is 188 g/mol. The summed E-state index contributed by atoms with van der Waals surface area (Å²) >= 11 is 0. The molecule has 0 N–H and O–H groups in total. The summed E-state index contributed by atoms with van der Waals surface area (Å²) in [4.78, 5) is 23.7. The Balaban J connectivity index is 2.82. The number of Topliss-reactive ketones (excluding diaryl/α,β-unsaturated/α-hetero) is 2. The van der Waals surface area contributed by atoms with Crippen molar-refractivity contribution in [3.8, 4) is 0 Å². The van der Waals surface area contributed by atoms with Crippen LogP contribution in [-0.4, -0.2) is 11.6 Å². The summed E-state index contributed by atoms with van der Waals surface area (Å²) in [6.07, 6.45) is 7.11. The molecule has 0 aromatic rings. The van der Waals surface area contributed by atoms with E-state index in [9.17, 15) is 9.59 Å². The summed E-state index contributed by atoms with van der Waals surface area (Å²) in [5.41, 5.74) is -0.706. The van der Waals surface area contributed by atoms with Crippen LogP contribution in [0.25, 0.3) is 0 Å². The summed E-state index contributed by atoms with van der Waals surface area (Å²) in [6, 6.07) is 0. The van der Waals surface area contributed by atoms with Crippen LogP contribution in [0.2, 0.25) is 0 Å². The normalized spacial score (nSPS) is 19.2. The second-order valence-corrected chi connectivity index (χ2v) is 4.08. The molecule has 0 amide bonds. The molecule has 0 unspecified atom stereocenters. The molecule has 15 heavy (non-hydrogen) atoms. The van der Waals surface area contributed by atoms with Gasteiger partial charge in [0, 0.05) is 12.8 Å². The Morgan fingerprint density at radius 2 is 1.40 bits per heavy atom. The highest BCUT2D eigenvalue weighted by Gasteiger charge is 2.47. The van der Waals surface area contributed by atoms with Gasteiger partial charge < -0.3 is 0 Å². The Morgan fingerprint density at radius 3 is 1.73 bits per heavy atom. The lowest BCUT2D eigenvalue weighted by Crippen LogP contribution is -2.32. The minimum absolute atomic E-state index is 0.121. The van der Waals surface area contributed by atoms with E-state index in [1.54, 1.807) is 12.2 Å². The smallest absolute Gasteiger partial charge is 0.146 e. The first-order valence-corrected chi connectivity index (χ1v) is 5.46. The molecule has 1 saturated carbocycles. The van der Waals surface area contributed by atoms with Crippen molar-refractivity contribution in [2.75, 3.05) is 0 Å². The zero-order valence-electron chi connectivity index (χ0n) is 9.13. The molecule has 1 rings (SSSR count).